The number of nitrogens with zero attached hydrogens (tertiary/aromatic N) is 6. The van der Waals surface area contributed by atoms with Crippen molar-refractivity contribution < 1.29 is 9.72 Å². The molecule has 1 saturated heterocycles. The van der Waals surface area contributed by atoms with Crippen molar-refractivity contribution in [2.45, 2.75) is 12.5 Å². The molecule has 0 aliphatic carbocycles. The van der Waals surface area contributed by atoms with E-state index < -0.39 is 11.0 Å². The number of nitrogen functional groups attached to an aromatic ring is 1. The zero-order chi connectivity index (χ0) is 16.6. The minimum atomic E-state index is -0.663. The zero-order valence-electron chi connectivity index (χ0n) is 12.2. The van der Waals surface area contributed by atoms with E-state index in [2.05, 4.69) is 20.4 Å². The number of nitro groups is 1. The Kier molecular flexibility index (Phi) is 3.52. The highest BCUT2D eigenvalue weighted by molar-refractivity contribution is 6.00. The molecule has 1 amide bonds. The van der Waals surface area contributed by atoms with E-state index in [1.165, 1.54) is 0 Å². The third-order valence-electron chi connectivity index (χ3n) is 3.51. The van der Waals surface area contributed by atoms with Crippen LogP contribution >= 0.6 is 0 Å². The summed E-state index contributed by atoms with van der Waals surface area (Å²) in [4.78, 5) is 31.7. The topological polar surface area (TPSA) is 145 Å². The molecule has 0 radical (unpaired) electrons. The number of carbonyl (C=O) groups is 1. The first-order chi connectivity index (χ1) is 11.0. The van der Waals surface area contributed by atoms with Crippen LogP contribution in [0.2, 0.25) is 0 Å². The molecule has 11 heteroatoms. The van der Waals surface area contributed by atoms with E-state index in [0.29, 0.717) is 18.7 Å². The molecular formula is C12H14N8O3. The molecule has 2 aromatic heterocycles. The van der Waals surface area contributed by atoms with Gasteiger partial charge in [-0.05, 0) is 6.42 Å². The van der Waals surface area contributed by atoms with Gasteiger partial charge in [-0.25, -0.2) is 4.98 Å². The van der Waals surface area contributed by atoms with Crippen molar-refractivity contribution in [1.82, 2.24) is 19.7 Å². The Bertz CT molecular complexity index is 773. The van der Waals surface area contributed by atoms with Crippen LogP contribution in [0.5, 0.6) is 0 Å². The average Bonchev–Trinajstić information content (AvgIpc) is 3.06. The number of hydrogen-bond donors (Lipinski definition) is 2. The molecule has 23 heavy (non-hydrogen) atoms. The smallest absolute Gasteiger partial charge is 0.329 e. The van der Waals surface area contributed by atoms with Crippen LogP contribution in [0, 0.1) is 10.1 Å². The Morgan fingerprint density at radius 3 is 2.87 bits per heavy atom. The lowest BCUT2D eigenvalue weighted by atomic mass is 10.2. The van der Waals surface area contributed by atoms with E-state index in [1.54, 1.807) is 29.0 Å². The van der Waals surface area contributed by atoms with E-state index in [0.717, 1.165) is 6.20 Å². The van der Waals surface area contributed by atoms with Crippen LogP contribution in [0.25, 0.3) is 0 Å². The summed E-state index contributed by atoms with van der Waals surface area (Å²) in [5, 5.41) is 17.6. The first-order valence-electron chi connectivity index (χ1n) is 6.79. The molecule has 1 atom stereocenters. The van der Waals surface area contributed by atoms with Gasteiger partial charge >= 0.3 is 5.69 Å². The van der Waals surface area contributed by atoms with Gasteiger partial charge in [0, 0.05) is 19.8 Å². The van der Waals surface area contributed by atoms with E-state index in [4.69, 9.17) is 5.73 Å². The molecule has 0 spiro atoms. The lowest BCUT2D eigenvalue weighted by Crippen LogP contribution is -2.33. The van der Waals surface area contributed by atoms with Gasteiger partial charge in [0.1, 0.15) is 12.2 Å². The minimum absolute atomic E-state index is 0.0829. The van der Waals surface area contributed by atoms with Crippen LogP contribution in [0.1, 0.15) is 6.42 Å². The summed E-state index contributed by atoms with van der Waals surface area (Å²) in [6, 6.07) is -0.518. The van der Waals surface area contributed by atoms with Gasteiger partial charge in [0.15, 0.2) is 0 Å². The number of nitrogens with one attached hydrogen (secondary N) is 1. The molecule has 11 nitrogen and oxygen atoms in total. The SMILES string of the molecule is Cn1cc(N2CCC(Nc3ncc([N+](=O)[O-])c(N)n3)C2=O)cn1. The molecule has 120 valence electrons. The molecule has 1 aliphatic heterocycles. The average molecular weight is 318 g/mol. The van der Waals surface area contributed by atoms with Crippen molar-refractivity contribution in [2.24, 2.45) is 7.05 Å². The molecule has 0 saturated carbocycles. The maximum absolute atomic E-state index is 12.4. The van der Waals surface area contributed by atoms with Crippen LogP contribution in [0.15, 0.2) is 18.6 Å². The van der Waals surface area contributed by atoms with Gasteiger partial charge in [-0.3, -0.25) is 19.6 Å². The largest absolute Gasteiger partial charge is 0.378 e. The van der Waals surface area contributed by atoms with E-state index >= 15 is 0 Å². The van der Waals surface area contributed by atoms with Crippen molar-refractivity contribution in [1.29, 1.82) is 0 Å². The first-order valence-corrected chi connectivity index (χ1v) is 6.79. The van der Waals surface area contributed by atoms with Crippen LogP contribution in [0.4, 0.5) is 23.1 Å². The summed E-state index contributed by atoms with van der Waals surface area (Å²) in [7, 11) is 1.77. The van der Waals surface area contributed by atoms with E-state index in [9.17, 15) is 14.9 Å². The van der Waals surface area contributed by atoms with Crippen molar-refractivity contribution in [3.63, 3.8) is 0 Å². The molecule has 0 bridgehead atoms. The molecule has 1 unspecified atom stereocenters. The van der Waals surface area contributed by atoms with Crippen molar-refractivity contribution >= 4 is 29.0 Å². The predicted octanol–water partition coefficient (Wildman–Crippen LogP) is -0.0821. The number of rotatable bonds is 4. The fourth-order valence-corrected chi connectivity index (χ4v) is 2.37. The predicted molar refractivity (Wildman–Crippen MR) is 80.7 cm³/mol. The minimum Gasteiger partial charge on any atom is -0.378 e. The van der Waals surface area contributed by atoms with Gasteiger partial charge in [0.25, 0.3) is 0 Å². The highest BCUT2D eigenvalue weighted by Crippen LogP contribution is 2.23. The van der Waals surface area contributed by atoms with Crippen molar-refractivity contribution in [2.75, 3.05) is 22.5 Å². The fraction of sp³-hybridized carbons (Fsp3) is 0.333. The monoisotopic (exact) mass is 318 g/mol. The normalized spacial score (nSPS) is 17.5. The Balaban J connectivity index is 1.73. The maximum Gasteiger partial charge on any atom is 0.329 e. The maximum atomic E-state index is 12.4. The summed E-state index contributed by atoms with van der Waals surface area (Å²) >= 11 is 0. The van der Waals surface area contributed by atoms with Gasteiger partial charge in [-0.15, -0.1) is 0 Å². The van der Waals surface area contributed by atoms with Crippen LogP contribution in [-0.4, -0.2) is 43.2 Å². The second-order valence-corrected chi connectivity index (χ2v) is 5.07. The molecule has 3 N–H and O–H groups in total. The van der Waals surface area contributed by atoms with Crippen LogP contribution in [-0.2, 0) is 11.8 Å². The highest BCUT2D eigenvalue weighted by atomic mass is 16.6. The zero-order valence-corrected chi connectivity index (χ0v) is 12.2. The molecular weight excluding hydrogens is 304 g/mol. The number of anilines is 3. The molecule has 1 aliphatic rings. The molecule has 2 aromatic rings. The van der Waals surface area contributed by atoms with Gasteiger partial charge in [-0.1, -0.05) is 0 Å². The lowest BCUT2D eigenvalue weighted by Gasteiger charge is -2.15. The summed E-state index contributed by atoms with van der Waals surface area (Å²) in [6.07, 6.45) is 4.93. The number of hydrogen-bond acceptors (Lipinski definition) is 8. The highest BCUT2D eigenvalue weighted by Gasteiger charge is 2.33. The van der Waals surface area contributed by atoms with Crippen molar-refractivity contribution in [3.05, 3.63) is 28.7 Å². The Morgan fingerprint density at radius 2 is 2.26 bits per heavy atom. The Hall–Kier alpha value is -3.24. The van der Waals surface area contributed by atoms with E-state index in [1.807, 2.05) is 0 Å². The quantitative estimate of drug-likeness (QED) is 0.588. The van der Waals surface area contributed by atoms with Crippen LogP contribution in [0.3, 0.4) is 0 Å². The Morgan fingerprint density at radius 1 is 1.48 bits per heavy atom. The van der Waals surface area contributed by atoms with E-state index in [-0.39, 0.29) is 23.4 Å². The third-order valence-corrected chi connectivity index (χ3v) is 3.51. The summed E-state index contributed by atoms with van der Waals surface area (Å²) in [5.41, 5.74) is 5.86. The number of aromatic nitrogens is 4. The Labute approximate surface area is 130 Å². The van der Waals surface area contributed by atoms with Crippen molar-refractivity contribution in [3.8, 4) is 0 Å². The van der Waals surface area contributed by atoms with Gasteiger partial charge in [0.05, 0.1) is 16.8 Å². The number of carbonyl (C=O) groups excluding carboxylic acids is 1. The van der Waals surface area contributed by atoms with Gasteiger partial charge < -0.3 is 16.0 Å². The number of aryl methyl sites for hydroxylation is 1. The molecule has 1 fully saturated rings. The van der Waals surface area contributed by atoms with Crippen LogP contribution < -0.4 is 16.0 Å². The van der Waals surface area contributed by atoms with Gasteiger partial charge in [0.2, 0.25) is 17.7 Å². The summed E-state index contributed by atoms with van der Waals surface area (Å²) < 4.78 is 1.61. The first kappa shape index (κ1) is 14.7. The number of nitrogens with two attached hydrogens (primary N) is 1. The molecule has 3 rings (SSSR count). The fourth-order valence-electron chi connectivity index (χ4n) is 2.37. The summed E-state index contributed by atoms with van der Waals surface area (Å²) in [5.74, 6) is -0.305. The second kappa shape index (κ2) is 5.51. The number of amides is 1. The van der Waals surface area contributed by atoms with Gasteiger partial charge in [-0.2, -0.15) is 10.1 Å². The molecule has 0 aromatic carbocycles. The molecule has 3 heterocycles. The summed E-state index contributed by atoms with van der Waals surface area (Å²) in [6.45, 7) is 0.532. The standard InChI is InChI=1S/C12H14N8O3/c1-18-6-7(4-15-18)19-3-2-8(11(19)21)16-12-14-5-9(20(22)23)10(13)17-12/h4-6,8H,2-3H2,1H3,(H3,13,14,16,17). The lowest BCUT2D eigenvalue weighted by molar-refractivity contribution is -0.384. The second-order valence-electron chi connectivity index (χ2n) is 5.07. The third kappa shape index (κ3) is 2.75.